The second kappa shape index (κ2) is 4.64. The molecule has 1 saturated carbocycles. The fraction of sp³-hybridized carbons (Fsp3) is 0.412. The highest BCUT2D eigenvalue weighted by molar-refractivity contribution is 5.90. The Kier molecular flexibility index (Phi) is 2.99. The number of para-hydroxylation sites is 1. The number of fused-ring (bicyclic) bond motifs is 1. The summed E-state index contributed by atoms with van der Waals surface area (Å²) in [4.78, 5) is 0. The molecular weight excluding hydrogens is 220 g/mol. The van der Waals surface area contributed by atoms with Crippen molar-refractivity contribution >= 4 is 17.0 Å². The molecule has 1 nitrogen and oxygen atoms in total. The van der Waals surface area contributed by atoms with Gasteiger partial charge >= 0.3 is 0 Å². The van der Waals surface area contributed by atoms with E-state index in [1.165, 1.54) is 43.1 Å². The minimum Gasteiger partial charge on any atom is -0.460 e. The van der Waals surface area contributed by atoms with Crippen molar-refractivity contribution in [2.45, 2.75) is 39.0 Å². The van der Waals surface area contributed by atoms with Gasteiger partial charge in [-0.1, -0.05) is 56.5 Å². The molecule has 0 amide bonds. The lowest BCUT2D eigenvalue weighted by molar-refractivity contribution is 0.532. The Hall–Kier alpha value is -1.50. The van der Waals surface area contributed by atoms with Crippen LogP contribution >= 0.6 is 0 Å². The van der Waals surface area contributed by atoms with E-state index in [2.05, 4.69) is 24.8 Å². The molecule has 1 aromatic carbocycles. The minimum absolute atomic E-state index is 0.855. The Labute approximate surface area is 108 Å². The summed E-state index contributed by atoms with van der Waals surface area (Å²) in [6.07, 6.45) is 8.63. The third-order valence-electron chi connectivity index (χ3n) is 4.21. The van der Waals surface area contributed by atoms with Crippen molar-refractivity contribution in [1.29, 1.82) is 0 Å². The van der Waals surface area contributed by atoms with Gasteiger partial charge in [-0.15, -0.1) is 0 Å². The van der Waals surface area contributed by atoms with Gasteiger partial charge in [-0.05, 0) is 24.8 Å². The molecule has 2 aromatic rings. The van der Waals surface area contributed by atoms with Crippen molar-refractivity contribution < 1.29 is 4.42 Å². The van der Waals surface area contributed by atoms with Crippen LogP contribution in [0.15, 0.2) is 29.2 Å². The first-order chi connectivity index (χ1) is 8.79. The molecule has 3 rings (SSSR count). The summed E-state index contributed by atoms with van der Waals surface area (Å²) in [7, 11) is 0. The second-order valence-corrected chi connectivity index (χ2v) is 5.42. The zero-order valence-electron chi connectivity index (χ0n) is 11.0. The smallest absolute Gasteiger partial charge is 0.138 e. The highest BCUT2D eigenvalue weighted by Gasteiger charge is 2.18. The van der Waals surface area contributed by atoms with Crippen LogP contribution in [0.4, 0.5) is 0 Å². The van der Waals surface area contributed by atoms with Crippen molar-refractivity contribution in [2.24, 2.45) is 5.92 Å². The molecule has 1 aliphatic carbocycles. The second-order valence-electron chi connectivity index (χ2n) is 5.42. The van der Waals surface area contributed by atoms with Crippen LogP contribution in [0.25, 0.3) is 17.0 Å². The lowest BCUT2D eigenvalue weighted by Crippen LogP contribution is -1.98. The number of aryl methyl sites for hydroxylation is 1. The highest BCUT2D eigenvalue weighted by Crippen LogP contribution is 2.33. The fourth-order valence-electron chi connectivity index (χ4n) is 3.26. The summed E-state index contributed by atoms with van der Waals surface area (Å²) < 4.78 is 5.96. The van der Waals surface area contributed by atoms with Gasteiger partial charge in [0.2, 0.25) is 0 Å². The molecule has 0 N–H and O–H groups in total. The quantitative estimate of drug-likeness (QED) is 0.726. The van der Waals surface area contributed by atoms with Crippen LogP contribution in [0, 0.1) is 12.8 Å². The highest BCUT2D eigenvalue weighted by atomic mass is 16.3. The third-order valence-corrected chi connectivity index (χ3v) is 4.21. The number of hydrogen-bond acceptors (Lipinski definition) is 1. The molecule has 0 spiro atoms. The van der Waals surface area contributed by atoms with Gasteiger partial charge < -0.3 is 4.42 Å². The minimum atomic E-state index is 0.855. The van der Waals surface area contributed by atoms with Crippen LogP contribution in [-0.2, 0) is 6.42 Å². The molecule has 0 unspecified atom stereocenters. The maximum atomic E-state index is 5.96. The first-order valence-electron chi connectivity index (χ1n) is 6.93. The van der Waals surface area contributed by atoms with Crippen LogP contribution in [0.2, 0.25) is 0 Å². The van der Waals surface area contributed by atoms with Gasteiger partial charge in [0.05, 0.1) is 0 Å². The third kappa shape index (κ3) is 1.88. The summed E-state index contributed by atoms with van der Waals surface area (Å²) in [5.74, 6) is 1.84. The van der Waals surface area contributed by atoms with Crippen molar-refractivity contribution in [3.05, 3.63) is 41.7 Å². The van der Waals surface area contributed by atoms with Gasteiger partial charge in [-0.2, -0.15) is 0 Å². The predicted molar refractivity (Wildman–Crippen MR) is 76.7 cm³/mol. The summed E-state index contributed by atoms with van der Waals surface area (Å²) in [6.45, 7) is 5.91. The zero-order valence-corrected chi connectivity index (χ0v) is 11.0. The van der Waals surface area contributed by atoms with Crippen LogP contribution in [0.1, 0.15) is 42.6 Å². The number of benzene rings is 1. The summed E-state index contributed by atoms with van der Waals surface area (Å²) >= 11 is 0. The van der Waals surface area contributed by atoms with E-state index in [0.29, 0.717) is 0 Å². The molecule has 1 heterocycles. The van der Waals surface area contributed by atoms with Crippen molar-refractivity contribution in [3.8, 4) is 0 Å². The van der Waals surface area contributed by atoms with E-state index in [1.807, 2.05) is 13.0 Å². The maximum absolute atomic E-state index is 5.96. The van der Waals surface area contributed by atoms with Crippen molar-refractivity contribution in [2.75, 3.05) is 0 Å². The number of furan rings is 1. The molecular formula is C17H20O. The predicted octanol–water partition coefficient (Wildman–Crippen LogP) is 5.12. The normalized spacial score (nSPS) is 16.5. The van der Waals surface area contributed by atoms with Gasteiger partial charge in [-0.25, -0.2) is 0 Å². The monoisotopic (exact) mass is 240 g/mol. The van der Waals surface area contributed by atoms with Gasteiger partial charge in [0.1, 0.15) is 11.3 Å². The molecule has 1 aliphatic rings. The molecule has 94 valence electrons. The average Bonchev–Trinajstić information content (AvgIpc) is 2.96. The zero-order chi connectivity index (χ0) is 12.5. The first kappa shape index (κ1) is 11.6. The first-order valence-corrected chi connectivity index (χ1v) is 6.93. The van der Waals surface area contributed by atoms with Crippen LogP contribution in [-0.4, -0.2) is 0 Å². The van der Waals surface area contributed by atoms with Crippen LogP contribution in [0.3, 0.4) is 0 Å². The number of hydrogen-bond donors (Lipinski definition) is 0. The lowest BCUT2D eigenvalue weighted by atomic mass is 9.96. The van der Waals surface area contributed by atoms with Crippen LogP contribution < -0.4 is 0 Å². The van der Waals surface area contributed by atoms with Gasteiger partial charge in [0, 0.05) is 10.9 Å². The summed E-state index contributed by atoms with van der Waals surface area (Å²) in [6, 6.07) is 6.51. The van der Waals surface area contributed by atoms with Crippen LogP contribution in [0.5, 0.6) is 0 Å². The molecule has 0 aliphatic heterocycles. The van der Waals surface area contributed by atoms with E-state index in [-0.39, 0.29) is 0 Å². The average molecular weight is 240 g/mol. The largest absolute Gasteiger partial charge is 0.460 e. The van der Waals surface area contributed by atoms with E-state index >= 15 is 0 Å². The summed E-state index contributed by atoms with van der Waals surface area (Å²) in [5, 5.41) is 1.22. The standard InChI is InChI=1S/C17H20O/c1-3-15-12(2)18-17-14(9-6-10-16(15)17)11-13-7-4-5-8-13/h3,6,9-10,13H,1,4-5,7-8,11H2,2H3. The SMILES string of the molecule is C=Cc1c(C)oc2c(CC3CCCC3)cccc12. The Bertz CT molecular complexity index is 571. The van der Waals surface area contributed by atoms with Gasteiger partial charge in [0.25, 0.3) is 0 Å². The van der Waals surface area contributed by atoms with E-state index < -0.39 is 0 Å². The fourth-order valence-corrected chi connectivity index (χ4v) is 3.26. The van der Waals surface area contributed by atoms with E-state index in [4.69, 9.17) is 4.42 Å². The molecule has 0 atom stereocenters. The molecule has 18 heavy (non-hydrogen) atoms. The van der Waals surface area contributed by atoms with E-state index in [1.54, 1.807) is 0 Å². The van der Waals surface area contributed by atoms with Gasteiger partial charge in [-0.3, -0.25) is 0 Å². The van der Waals surface area contributed by atoms with Crippen molar-refractivity contribution in [1.82, 2.24) is 0 Å². The Morgan fingerprint density at radius 2 is 2.11 bits per heavy atom. The molecule has 1 fully saturated rings. The summed E-state index contributed by atoms with van der Waals surface area (Å²) in [5.41, 5.74) is 3.60. The van der Waals surface area contributed by atoms with Gasteiger partial charge in [0.15, 0.2) is 0 Å². The molecule has 0 radical (unpaired) electrons. The maximum Gasteiger partial charge on any atom is 0.138 e. The van der Waals surface area contributed by atoms with E-state index in [9.17, 15) is 0 Å². The number of rotatable bonds is 3. The molecule has 1 heteroatoms. The molecule has 0 bridgehead atoms. The molecule has 0 saturated heterocycles. The Morgan fingerprint density at radius 3 is 2.83 bits per heavy atom. The molecule has 1 aromatic heterocycles. The Morgan fingerprint density at radius 1 is 1.33 bits per heavy atom. The van der Waals surface area contributed by atoms with Crippen molar-refractivity contribution in [3.63, 3.8) is 0 Å². The topological polar surface area (TPSA) is 13.1 Å². The lowest BCUT2D eigenvalue weighted by Gasteiger charge is -2.08. The van der Waals surface area contributed by atoms with E-state index in [0.717, 1.165) is 22.8 Å². The Balaban J connectivity index is 2.03.